The van der Waals surface area contributed by atoms with E-state index in [1.54, 1.807) is 0 Å². The van der Waals surface area contributed by atoms with Crippen LogP contribution in [0.1, 0.15) is 38.3 Å². The highest BCUT2D eigenvalue weighted by Crippen LogP contribution is 2.20. The molecular formula is C16H30N4. The van der Waals surface area contributed by atoms with Crippen molar-refractivity contribution in [3.8, 4) is 0 Å². The molecule has 0 fully saturated rings. The predicted octanol–water partition coefficient (Wildman–Crippen LogP) is 2.41. The molecule has 0 unspecified atom stereocenters. The van der Waals surface area contributed by atoms with E-state index in [9.17, 15) is 0 Å². The Hall–Kier alpha value is -1.13. The fourth-order valence-electron chi connectivity index (χ4n) is 2.54. The van der Waals surface area contributed by atoms with Crippen LogP contribution in [0, 0.1) is 6.92 Å². The van der Waals surface area contributed by atoms with Crippen molar-refractivity contribution in [1.82, 2.24) is 9.88 Å². The van der Waals surface area contributed by atoms with E-state index >= 15 is 0 Å². The molecule has 0 saturated carbocycles. The van der Waals surface area contributed by atoms with Gasteiger partial charge in [-0.25, -0.2) is 4.98 Å². The third kappa shape index (κ3) is 4.46. The van der Waals surface area contributed by atoms with Gasteiger partial charge in [0.25, 0.3) is 0 Å². The zero-order valence-corrected chi connectivity index (χ0v) is 13.5. The molecule has 20 heavy (non-hydrogen) atoms. The largest absolute Gasteiger partial charge is 0.357 e. The molecule has 1 rings (SSSR count). The number of rotatable bonds is 9. The summed E-state index contributed by atoms with van der Waals surface area (Å²) in [6.07, 6.45) is 3.05. The van der Waals surface area contributed by atoms with Crippen molar-refractivity contribution in [3.05, 3.63) is 23.4 Å². The summed E-state index contributed by atoms with van der Waals surface area (Å²) in [5.41, 5.74) is 8.30. The van der Waals surface area contributed by atoms with Crippen molar-refractivity contribution in [1.29, 1.82) is 0 Å². The first-order chi connectivity index (χ1) is 9.67. The van der Waals surface area contributed by atoms with Crippen LogP contribution in [0.2, 0.25) is 0 Å². The maximum absolute atomic E-state index is 5.89. The normalized spacial score (nSPS) is 11.1. The molecule has 0 amide bonds. The first-order valence-electron chi connectivity index (χ1n) is 7.79. The lowest BCUT2D eigenvalue weighted by atomic mass is 10.1. The number of nitrogens with two attached hydrogens (primary N) is 1. The van der Waals surface area contributed by atoms with Gasteiger partial charge in [-0.1, -0.05) is 13.8 Å². The Morgan fingerprint density at radius 1 is 1.10 bits per heavy atom. The van der Waals surface area contributed by atoms with Gasteiger partial charge in [0, 0.05) is 31.4 Å². The highest BCUT2D eigenvalue weighted by molar-refractivity contribution is 5.50. The maximum atomic E-state index is 5.89. The van der Waals surface area contributed by atoms with Gasteiger partial charge in [0.1, 0.15) is 5.82 Å². The van der Waals surface area contributed by atoms with Crippen LogP contribution >= 0.6 is 0 Å². The van der Waals surface area contributed by atoms with E-state index in [4.69, 9.17) is 5.73 Å². The SMILES string of the molecule is CCN(CC)CCCN(CC)c1nccc(C)c1CN. The van der Waals surface area contributed by atoms with Crippen LogP contribution in [0.15, 0.2) is 12.3 Å². The summed E-state index contributed by atoms with van der Waals surface area (Å²) in [6, 6.07) is 2.04. The highest BCUT2D eigenvalue weighted by Gasteiger charge is 2.12. The van der Waals surface area contributed by atoms with Crippen LogP contribution in [0.4, 0.5) is 5.82 Å². The van der Waals surface area contributed by atoms with Crippen molar-refractivity contribution < 1.29 is 0 Å². The molecule has 114 valence electrons. The van der Waals surface area contributed by atoms with Gasteiger partial charge in [-0.3, -0.25) is 0 Å². The van der Waals surface area contributed by atoms with Gasteiger partial charge in [0.15, 0.2) is 0 Å². The van der Waals surface area contributed by atoms with Crippen molar-refractivity contribution in [3.63, 3.8) is 0 Å². The van der Waals surface area contributed by atoms with Gasteiger partial charge < -0.3 is 15.5 Å². The molecular weight excluding hydrogens is 248 g/mol. The summed E-state index contributed by atoms with van der Waals surface area (Å²) in [5, 5.41) is 0. The van der Waals surface area contributed by atoms with Gasteiger partial charge in [-0.15, -0.1) is 0 Å². The summed E-state index contributed by atoms with van der Waals surface area (Å²) < 4.78 is 0. The second kappa shape index (κ2) is 8.93. The third-order valence-electron chi connectivity index (χ3n) is 3.95. The molecule has 0 aliphatic carbocycles. The minimum atomic E-state index is 0.557. The minimum absolute atomic E-state index is 0.557. The monoisotopic (exact) mass is 278 g/mol. The molecule has 0 aromatic carbocycles. The van der Waals surface area contributed by atoms with Gasteiger partial charge in [0.05, 0.1) is 0 Å². The highest BCUT2D eigenvalue weighted by atomic mass is 15.2. The van der Waals surface area contributed by atoms with Crippen molar-refractivity contribution >= 4 is 5.82 Å². The molecule has 0 aliphatic heterocycles. The number of aryl methyl sites for hydroxylation is 1. The minimum Gasteiger partial charge on any atom is -0.357 e. The molecule has 0 radical (unpaired) electrons. The third-order valence-corrected chi connectivity index (χ3v) is 3.95. The fraction of sp³-hybridized carbons (Fsp3) is 0.688. The molecule has 0 saturated heterocycles. The Kier molecular flexibility index (Phi) is 7.55. The Bertz CT molecular complexity index is 388. The van der Waals surface area contributed by atoms with Gasteiger partial charge in [-0.2, -0.15) is 0 Å². The van der Waals surface area contributed by atoms with Crippen LogP contribution in [0.3, 0.4) is 0 Å². The van der Waals surface area contributed by atoms with Crippen LogP contribution in [0.25, 0.3) is 0 Å². The van der Waals surface area contributed by atoms with E-state index in [1.165, 1.54) is 11.1 Å². The maximum Gasteiger partial charge on any atom is 0.133 e. The van der Waals surface area contributed by atoms with Crippen molar-refractivity contribution in [2.75, 3.05) is 37.6 Å². The van der Waals surface area contributed by atoms with E-state index < -0.39 is 0 Å². The van der Waals surface area contributed by atoms with Gasteiger partial charge in [-0.05, 0) is 51.5 Å². The number of nitrogens with zero attached hydrogens (tertiary/aromatic N) is 3. The number of hydrogen-bond donors (Lipinski definition) is 1. The van der Waals surface area contributed by atoms with E-state index in [2.05, 4.69) is 42.5 Å². The summed E-state index contributed by atoms with van der Waals surface area (Å²) in [4.78, 5) is 9.36. The quantitative estimate of drug-likeness (QED) is 0.753. The number of hydrogen-bond acceptors (Lipinski definition) is 4. The smallest absolute Gasteiger partial charge is 0.133 e. The summed E-state index contributed by atoms with van der Waals surface area (Å²) >= 11 is 0. The first-order valence-corrected chi connectivity index (χ1v) is 7.79. The molecule has 0 aliphatic rings. The average Bonchev–Trinajstić information content (AvgIpc) is 2.47. The standard InChI is InChI=1S/C16H30N4/c1-5-19(6-2)11-8-12-20(7-3)16-15(13-17)14(4)9-10-18-16/h9-10H,5-8,11-13,17H2,1-4H3. The lowest BCUT2D eigenvalue weighted by molar-refractivity contribution is 0.300. The van der Waals surface area contributed by atoms with Crippen LogP contribution < -0.4 is 10.6 Å². The molecule has 1 aromatic heterocycles. The Balaban J connectivity index is 2.69. The van der Waals surface area contributed by atoms with Crippen molar-refractivity contribution in [2.24, 2.45) is 5.73 Å². The molecule has 1 heterocycles. The predicted molar refractivity (Wildman–Crippen MR) is 87.2 cm³/mol. The van der Waals surface area contributed by atoms with E-state index in [-0.39, 0.29) is 0 Å². The van der Waals surface area contributed by atoms with E-state index in [1.807, 2.05) is 12.3 Å². The topological polar surface area (TPSA) is 45.4 Å². The summed E-state index contributed by atoms with van der Waals surface area (Å²) in [5.74, 6) is 1.06. The summed E-state index contributed by atoms with van der Waals surface area (Å²) in [6.45, 7) is 14.7. The molecule has 0 spiro atoms. The molecule has 4 nitrogen and oxygen atoms in total. The molecule has 0 atom stereocenters. The van der Waals surface area contributed by atoms with Gasteiger partial charge >= 0.3 is 0 Å². The van der Waals surface area contributed by atoms with Gasteiger partial charge in [0.2, 0.25) is 0 Å². The first kappa shape index (κ1) is 16.9. The fourth-order valence-corrected chi connectivity index (χ4v) is 2.54. The van der Waals surface area contributed by atoms with Crippen LogP contribution in [0.5, 0.6) is 0 Å². The van der Waals surface area contributed by atoms with Crippen LogP contribution in [-0.4, -0.2) is 42.6 Å². The average molecular weight is 278 g/mol. The van der Waals surface area contributed by atoms with E-state index in [0.29, 0.717) is 6.54 Å². The lowest BCUT2D eigenvalue weighted by Crippen LogP contribution is -2.31. The van der Waals surface area contributed by atoms with Crippen LogP contribution in [-0.2, 0) is 6.54 Å². The molecule has 0 bridgehead atoms. The summed E-state index contributed by atoms with van der Waals surface area (Å²) in [7, 11) is 0. The number of pyridine rings is 1. The Morgan fingerprint density at radius 2 is 1.80 bits per heavy atom. The number of aromatic nitrogens is 1. The number of anilines is 1. The molecule has 2 N–H and O–H groups in total. The zero-order chi connectivity index (χ0) is 15.0. The molecule has 4 heteroatoms. The van der Waals surface area contributed by atoms with E-state index in [0.717, 1.165) is 45.0 Å². The zero-order valence-electron chi connectivity index (χ0n) is 13.5. The second-order valence-electron chi connectivity index (χ2n) is 5.09. The lowest BCUT2D eigenvalue weighted by Gasteiger charge is -2.26. The molecule has 1 aromatic rings. The Morgan fingerprint density at radius 3 is 2.35 bits per heavy atom. The van der Waals surface area contributed by atoms with Crippen molar-refractivity contribution in [2.45, 2.75) is 40.7 Å². The second-order valence-corrected chi connectivity index (χ2v) is 5.09. The Labute approximate surface area is 124 Å².